The average molecular weight is 448 g/mol. The second-order valence-corrected chi connectivity index (χ2v) is 7.31. The van der Waals surface area contributed by atoms with E-state index in [4.69, 9.17) is 4.42 Å². The van der Waals surface area contributed by atoms with E-state index in [2.05, 4.69) is 20.9 Å². The van der Waals surface area contributed by atoms with E-state index in [1.165, 1.54) is 25.4 Å². The summed E-state index contributed by atoms with van der Waals surface area (Å²) in [7, 11) is 1.36. The lowest BCUT2D eigenvalue weighted by atomic mass is 10.1. The van der Waals surface area contributed by atoms with Gasteiger partial charge in [-0.05, 0) is 30.7 Å². The van der Waals surface area contributed by atoms with E-state index in [1.807, 2.05) is 0 Å². The molecule has 11 heteroatoms. The van der Waals surface area contributed by atoms with Gasteiger partial charge in [0, 0.05) is 12.4 Å². The third-order valence-corrected chi connectivity index (χ3v) is 5.11. The van der Waals surface area contributed by atoms with Crippen molar-refractivity contribution in [3.63, 3.8) is 0 Å². The van der Waals surface area contributed by atoms with Crippen LogP contribution in [0.1, 0.15) is 33.4 Å². The van der Waals surface area contributed by atoms with E-state index >= 15 is 0 Å². The molecule has 2 aromatic heterocycles. The second kappa shape index (κ2) is 9.47. The quantitative estimate of drug-likeness (QED) is 0.514. The van der Waals surface area contributed by atoms with Crippen molar-refractivity contribution in [2.24, 2.45) is 0 Å². The molecule has 0 saturated carbocycles. The third kappa shape index (κ3) is 5.31. The van der Waals surface area contributed by atoms with E-state index in [0.29, 0.717) is 17.0 Å². The molecule has 0 bridgehead atoms. The first-order valence-corrected chi connectivity index (χ1v) is 9.92. The van der Waals surface area contributed by atoms with Crippen molar-refractivity contribution in [3.05, 3.63) is 70.1 Å². The Kier molecular flexibility index (Phi) is 6.75. The number of nitrogens with one attached hydrogen (secondary N) is 3. The molecular weight excluding hydrogens is 430 g/mol. The number of nitrogens with zero attached hydrogens (tertiary/aromatic N) is 1. The third-order valence-electron chi connectivity index (χ3n) is 4.31. The average Bonchev–Trinajstić information content (AvgIpc) is 3.36. The number of anilines is 1. The Morgan fingerprint density at radius 1 is 1.19 bits per heavy atom. The fraction of sp³-hybridized carbons (Fsp3) is 0.200. The SMILES string of the molecule is CNC(=O)C(NC(=O)Cc1csc(NC(=O)c2ccoc2C)n1)c1ccc(F)c(F)c1. The Morgan fingerprint density at radius 2 is 1.97 bits per heavy atom. The van der Waals surface area contributed by atoms with E-state index < -0.39 is 35.4 Å². The lowest BCUT2D eigenvalue weighted by molar-refractivity contribution is -0.128. The highest BCUT2D eigenvalue weighted by molar-refractivity contribution is 7.14. The molecular formula is C20H18F2N4O4S. The number of aryl methyl sites for hydroxylation is 1. The minimum absolute atomic E-state index is 0.0910. The molecule has 3 amide bonds. The van der Waals surface area contributed by atoms with Crippen molar-refractivity contribution in [1.29, 1.82) is 0 Å². The lowest BCUT2D eigenvalue weighted by Gasteiger charge is -2.17. The van der Waals surface area contributed by atoms with Crippen molar-refractivity contribution in [2.45, 2.75) is 19.4 Å². The fourth-order valence-electron chi connectivity index (χ4n) is 2.74. The molecule has 3 N–H and O–H groups in total. The maximum atomic E-state index is 13.6. The van der Waals surface area contributed by atoms with Gasteiger partial charge in [-0.25, -0.2) is 13.8 Å². The number of thiazole rings is 1. The summed E-state index contributed by atoms with van der Waals surface area (Å²) in [5.41, 5.74) is 0.824. The van der Waals surface area contributed by atoms with Gasteiger partial charge in [-0.2, -0.15) is 0 Å². The van der Waals surface area contributed by atoms with Gasteiger partial charge in [-0.1, -0.05) is 6.07 Å². The molecule has 1 atom stereocenters. The zero-order chi connectivity index (χ0) is 22.5. The first-order valence-electron chi connectivity index (χ1n) is 9.04. The molecule has 0 radical (unpaired) electrons. The maximum absolute atomic E-state index is 13.6. The first kappa shape index (κ1) is 22.1. The largest absolute Gasteiger partial charge is 0.469 e. The van der Waals surface area contributed by atoms with E-state index in [9.17, 15) is 23.2 Å². The summed E-state index contributed by atoms with van der Waals surface area (Å²) in [5, 5.41) is 9.35. The standard InChI is InChI=1S/C20H18F2N4O4S/c1-10-13(5-6-30-10)18(28)26-20-24-12(9-31-20)8-16(27)25-17(19(29)23-2)11-3-4-14(21)15(22)7-11/h3-7,9,17H,8H2,1-2H3,(H,23,29)(H,25,27)(H,24,26,28). The highest BCUT2D eigenvalue weighted by Crippen LogP contribution is 2.20. The van der Waals surface area contributed by atoms with Crippen LogP contribution in [0.2, 0.25) is 0 Å². The van der Waals surface area contributed by atoms with Crippen molar-refractivity contribution in [2.75, 3.05) is 12.4 Å². The Bertz CT molecular complexity index is 1130. The normalized spacial score (nSPS) is 11.6. The molecule has 8 nitrogen and oxygen atoms in total. The summed E-state index contributed by atoms with van der Waals surface area (Å²) < 4.78 is 31.8. The topological polar surface area (TPSA) is 113 Å². The number of carbonyl (C=O) groups is 3. The van der Waals surface area contributed by atoms with E-state index in [0.717, 1.165) is 23.5 Å². The smallest absolute Gasteiger partial charge is 0.260 e. The van der Waals surface area contributed by atoms with Crippen molar-refractivity contribution in [1.82, 2.24) is 15.6 Å². The van der Waals surface area contributed by atoms with Gasteiger partial charge in [0.25, 0.3) is 5.91 Å². The Morgan fingerprint density at radius 3 is 2.61 bits per heavy atom. The molecule has 0 fully saturated rings. The van der Waals surface area contributed by atoms with Gasteiger partial charge in [-0.3, -0.25) is 19.7 Å². The number of amides is 3. The summed E-state index contributed by atoms with van der Waals surface area (Å²) in [6.07, 6.45) is 1.21. The van der Waals surface area contributed by atoms with Crippen LogP contribution >= 0.6 is 11.3 Å². The highest BCUT2D eigenvalue weighted by atomic mass is 32.1. The Labute approximate surface area is 179 Å². The predicted octanol–water partition coefficient (Wildman–Crippen LogP) is 2.72. The molecule has 31 heavy (non-hydrogen) atoms. The number of furan rings is 1. The van der Waals surface area contributed by atoms with Crippen LogP contribution in [0.4, 0.5) is 13.9 Å². The number of hydrogen-bond donors (Lipinski definition) is 3. The van der Waals surface area contributed by atoms with Gasteiger partial charge in [0.05, 0.1) is 23.9 Å². The van der Waals surface area contributed by atoms with Crippen LogP contribution in [-0.4, -0.2) is 29.8 Å². The molecule has 0 aliphatic rings. The molecule has 0 saturated heterocycles. The summed E-state index contributed by atoms with van der Waals surface area (Å²) in [6.45, 7) is 1.66. The zero-order valence-corrected chi connectivity index (χ0v) is 17.3. The number of halogens is 2. The van der Waals surface area contributed by atoms with Crippen molar-refractivity contribution < 1.29 is 27.6 Å². The number of aromatic nitrogens is 1. The van der Waals surface area contributed by atoms with Crippen LogP contribution in [0, 0.1) is 18.6 Å². The molecule has 0 spiro atoms. The van der Waals surface area contributed by atoms with Crippen LogP contribution in [0.3, 0.4) is 0 Å². The lowest BCUT2D eigenvalue weighted by Crippen LogP contribution is -2.39. The van der Waals surface area contributed by atoms with Gasteiger partial charge in [0.15, 0.2) is 16.8 Å². The maximum Gasteiger partial charge on any atom is 0.260 e. The molecule has 162 valence electrons. The van der Waals surface area contributed by atoms with Crippen LogP contribution in [-0.2, 0) is 16.0 Å². The first-order chi connectivity index (χ1) is 14.8. The summed E-state index contributed by atoms with van der Waals surface area (Å²) in [4.78, 5) is 41.0. The monoisotopic (exact) mass is 448 g/mol. The van der Waals surface area contributed by atoms with E-state index in [-0.39, 0.29) is 17.1 Å². The fourth-order valence-corrected chi connectivity index (χ4v) is 3.45. The summed E-state index contributed by atoms with van der Waals surface area (Å²) in [5.74, 6) is -3.28. The molecule has 0 aliphatic heterocycles. The second-order valence-electron chi connectivity index (χ2n) is 6.45. The Hall–Kier alpha value is -3.60. The zero-order valence-electron chi connectivity index (χ0n) is 16.5. The van der Waals surface area contributed by atoms with Crippen LogP contribution in [0.15, 0.2) is 40.3 Å². The highest BCUT2D eigenvalue weighted by Gasteiger charge is 2.23. The van der Waals surface area contributed by atoms with Crippen molar-refractivity contribution in [3.8, 4) is 0 Å². The molecule has 3 rings (SSSR count). The summed E-state index contributed by atoms with van der Waals surface area (Å²) >= 11 is 1.13. The number of hydrogen-bond acceptors (Lipinski definition) is 6. The molecule has 3 aromatic rings. The number of rotatable bonds is 7. The number of benzene rings is 1. The molecule has 1 unspecified atom stereocenters. The molecule has 2 heterocycles. The van der Waals surface area contributed by atoms with Gasteiger partial charge < -0.3 is 15.1 Å². The van der Waals surface area contributed by atoms with Gasteiger partial charge in [0.1, 0.15) is 11.8 Å². The van der Waals surface area contributed by atoms with Crippen LogP contribution in [0.5, 0.6) is 0 Å². The van der Waals surface area contributed by atoms with Crippen molar-refractivity contribution >= 4 is 34.2 Å². The number of carbonyl (C=O) groups excluding carboxylic acids is 3. The van der Waals surface area contributed by atoms with Crippen LogP contribution in [0.25, 0.3) is 0 Å². The van der Waals surface area contributed by atoms with Gasteiger partial charge in [-0.15, -0.1) is 11.3 Å². The number of likely N-dealkylation sites (N-methyl/N-ethyl adjacent to an activating group) is 1. The predicted molar refractivity (Wildman–Crippen MR) is 109 cm³/mol. The minimum Gasteiger partial charge on any atom is -0.469 e. The molecule has 0 aliphatic carbocycles. The van der Waals surface area contributed by atoms with Crippen LogP contribution < -0.4 is 16.0 Å². The minimum atomic E-state index is -1.21. The van der Waals surface area contributed by atoms with Gasteiger partial charge in [0.2, 0.25) is 11.8 Å². The molecule has 1 aromatic carbocycles. The van der Waals surface area contributed by atoms with E-state index in [1.54, 1.807) is 12.3 Å². The van der Waals surface area contributed by atoms with Gasteiger partial charge >= 0.3 is 0 Å². The Balaban J connectivity index is 1.66. The summed E-state index contributed by atoms with van der Waals surface area (Å²) in [6, 6.07) is 3.26.